The Morgan fingerprint density at radius 2 is 2.07 bits per heavy atom. The zero-order valence-electron chi connectivity index (χ0n) is 9.46. The Morgan fingerprint density at radius 1 is 1.40 bits per heavy atom. The van der Waals surface area contributed by atoms with E-state index in [1.807, 2.05) is 11.5 Å². The Bertz CT molecular complexity index is 402. The van der Waals surface area contributed by atoms with Gasteiger partial charge in [-0.05, 0) is 27.7 Å². The Morgan fingerprint density at radius 3 is 2.67 bits per heavy atom. The van der Waals surface area contributed by atoms with Crippen LogP contribution in [0.15, 0.2) is 6.33 Å². The Labute approximate surface area is 88.9 Å². The molecule has 1 aliphatic heterocycles. The van der Waals surface area contributed by atoms with Gasteiger partial charge in [-0.2, -0.15) is 0 Å². The summed E-state index contributed by atoms with van der Waals surface area (Å²) in [7, 11) is 0. The van der Waals surface area contributed by atoms with Crippen LogP contribution in [0, 0.1) is 0 Å². The zero-order valence-corrected chi connectivity index (χ0v) is 9.46. The van der Waals surface area contributed by atoms with Gasteiger partial charge >= 0.3 is 0 Å². The van der Waals surface area contributed by atoms with E-state index in [4.69, 9.17) is 0 Å². The summed E-state index contributed by atoms with van der Waals surface area (Å²) in [5.74, 6) is 0.693. The van der Waals surface area contributed by atoms with Crippen LogP contribution in [-0.2, 0) is 5.54 Å². The highest BCUT2D eigenvalue weighted by Gasteiger charge is 2.29. The first-order valence-corrected chi connectivity index (χ1v) is 5.05. The van der Waals surface area contributed by atoms with E-state index >= 15 is 0 Å². The van der Waals surface area contributed by atoms with E-state index in [1.54, 1.807) is 6.33 Å². The number of aromatic nitrogens is 2. The van der Waals surface area contributed by atoms with Gasteiger partial charge in [-0.25, -0.2) is 4.98 Å². The van der Waals surface area contributed by atoms with Gasteiger partial charge in [-0.15, -0.1) is 0 Å². The molecule has 82 valence electrons. The maximum absolute atomic E-state index is 11.6. The fraction of sp³-hybridized carbons (Fsp3) is 0.600. The fourth-order valence-corrected chi connectivity index (χ4v) is 1.67. The molecule has 0 spiro atoms. The number of anilines is 1. The molecule has 2 heterocycles. The monoisotopic (exact) mass is 208 g/mol. The molecule has 1 atom stereocenters. The first-order valence-electron chi connectivity index (χ1n) is 5.05. The number of nitrogens with zero attached hydrogens (tertiary/aromatic N) is 2. The minimum atomic E-state index is -0.112. The topological polar surface area (TPSA) is 59.0 Å². The van der Waals surface area contributed by atoms with Gasteiger partial charge in [0.05, 0.1) is 12.5 Å². The van der Waals surface area contributed by atoms with Crippen molar-refractivity contribution in [3.8, 4) is 0 Å². The van der Waals surface area contributed by atoms with Crippen molar-refractivity contribution in [3.63, 3.8) is 0 Å². The highest BCUT2D eigenvalue weighted by molar-refractivity contribution is 5.99. The lowest BCUT2D eigenvalue weighted by molar-refractivity contribution is 0.0934. The highest BCUT2D eigenvalue weighted by atomic mass is 16.2. The molecule has 15 heavy (non-hydrogen) atoms. The molecular formula is C10H16N4O. The van der Waals surface area contributed by atoms with Crippen LogP contribution in [0.25, 0.3) is 0 Å². The second-order valence-electron chi connectivity index (χ2n) is 4.82. The quantitative estimate of drug-likeness (QED) is 0.672. The number of hydrogen-bond acceptors (Lipinski definition) is 3. The molecule has 1 aromatic rings. The summed E-state index contributed by atoms with van der Waals surface area (Å²) in [4.78, 5) is 15.7. The molecule has 0 saturated carbocycles. The molecule has 2 N–H and O–H groups in total. The predicted octanol–water partition coefficient (Wildman–Crippen LogP) is 1.14. The molecule has 0 aliphatic carbocycles. The lowest BCUT2D eigenvalue weighted by atomic mass is 10.1. The fourth-order valence-electron chi connectivity index (χ4n) is 1.67. The predicted molar refractivity (Wildman–Crippen MR) is 57.8 cm³/mol. The number of nitrogens with one attached hydrogen (secondary N) is 2. The lowest BCUT2D eigenvalue weighted by Crippen LogP contribution is -2.44. The van der Waals surface area contributed by atoms with E-state index < -0.39 is 0 Å². The molecule has 1 aliphatic rings. The largest absolute Gasteiger partial charge is 0.350 e. The molecule has 1 aromatic heterocycles. The van der Waals surface area contributed by atoms with Crippen molar-refractivity contribution in [1.82, 2.24) is 14.9 Å². The van der Waals surface area contributed by atoms with Gasteiger partial charge in [0.1, 0.15) is 5.82 Å². The molecular weight excluding hydrogens is 192 g/mol. The summed E-state index contributed by atoms with van der Waals surface area (Å²) in [5.41, 5.74) is 0.397. The second kappa shape index (κ2) is 2.98. The number of fused-ring (bicyclic) bond motifs is 1. The standard InChI is InChI=1S/C10H16N4O/c1-6-12-8-7(9(15)13-6)11-5-14(8)10(2,3)4/h5-6,12H,1-4H3,(H,13,15). The van der Waals surface area contributed by atoms with E-state index in [1.165, 1.54) is 0 Å². The van der Waals surface area contributed by atoms with E-state index in [0.29, 0.717) is 5.69 Å². The molecule has 5 heteroatoms. The molecule has 0 bridgehead atoms. The molecule has 1 unspecified atom stereocenters. The Balaban J connectivity index is 2.51. The van der Waals surface area contributed by atoms with Crippen LogP contribution in [-0.4, -0.2) is 21.6 Å². The first kappa shape index (κ1) is 10.0. The van der Waals surface area contributed by atoms with E-state index in [0.717, 1.165) is 5.82 Å². The van der Waals surface area contributed by atoms with Crippen molar-refractivity contribution in [3.05, 3.63) is 12.0 Å². The molecule has 0 aromatic carbocycles. The second-order valence-corrected chi connectivity index (χ2v) is 4.82. The summed E-state index contributed by atoms with van der Waals surface area (Å²) in [5, 5.41) is 5.99. The van der Waals surface area contributed by atoms with Gasteiger partial charge in [0.2, 0.25) is 0 Å². The maximum atomic E-state index is 11.6. The van der Waals surface area contributed by atoms with Crippen LogP contribution >= 0.6 is 0 Å². The smallest absolute Gasteiger partial charge is 0.275 e. The van der Waals surface area contributed by atoms with Crippen LogP contribution in [0.3, 0.4) is 0 Å². The van der Waals surface area contributed by atoms with E-state index in [2.05, 4.69) is 36.4 Å². The molecule has 5 nitrogen and oxygen atoms in total. The highest BCUT2D eigenvalue weighted by Crippen LogP contribution is 2.26. The minimum absolute atomic E-state index is 0.0530. The van der Waals surface area contributed by atoms with Gasteiger partial charge in [0, 0.05) is 5.54 Å². The van der Waals surface area contributed by atoms with Crippen molar-refractivity contribution in [2.24, 2.45) is 0 Å². The van der Waals surface area contributed by atoms with Crippen molar-refractivity contribution in [2.45, 2.75) is 39.4 Å². The molecule has 2 rings (SSSR count). The van der Waals surface area contributed by atoms with E-state index in [-0.39, 0.29) is 17.6 Å². The first-order chi connectivity index (χ1) is 6.89. The third-order valence-corrected chi connectivity index (χ3v) is 2.41. The molecule has 0 saturated heterocycles. The van der Waals surface area contributed by atoms with E-state index in [9.17, 15) is 4.79 Å². The average Bonchev–Trinajstić information content (AvgIpc) is 2.45. The van der Waals surface area contributed by atoms with Gasteiger partial charge in [0.25, 0.3) is 5.91 Å². The third-order valence-electron chi connectivity index (χ3n) is 2.41. The summed E-state index contributed by atoms with van der Waals surface area (Å²) in [6, 6.07) is 0. The van der Waals surface area contributed by atoms with Gasteiger partial charge < -0.3 is 15.2 Å². The summed E-state index contributed by atoms with van der Waals surface area (Å²) in [6.07, 6.45) is 1.65. The van der Waals surface area contributed by atoms with Crippen LogP contribution < -0.4 is 10.6 Å². The summed E-state index contributed by atoms with van der Waals surface area (Å²) >= 11 is 0. The van der Waals surface area contributed by atoms with Crippen LogP contribution in [0.5, 0.6) is 0 Å². The SMILES string of the molecule is CC1NC(=O)c2ncn(C(C)(C)C)c2N1. The number of carbonyl (C=O) groups excluding carboxylic acids is 1. The van der Waals surface area contributed by atoms with Crippen molar-refractivity contribution in [2.75, 3.05) is 5.32 Å². The number of carbonyl (C=O) groups is 1. The van der Waals surface area contributed by atoms with Crippen LogP contribution in [0.1, 0.15) is 38.2 Å². The minimum Gasteiger partial charge on any atom is -0.350 e. The Hall–Kier alpha value is -1.52. The number of imidazole rings is 1. The molecule has 1 amide bonds. The molecule has 0 radical (unpaired) electrons. The maximum Gasteiger partial charge on any atom is 0.275 e. The normalized spacial score (nSPS) is 20.5. The van der Waals surface area contributed by atoms with Crippen LogP contribution in [0.2, 0.25) is 0 Å². The number of rotatable bonds is 0. The third kappa shape index (κ3) is 1.58. The van der Waals surface area contributed by atoms with Crippen molar-refractivity contribution >= 4 is 11.7 Å². The van der Waals surface area contributed by atoms with Gasteiger partial charge in [-0.1, -0.05) is 0 Å². The van der Waals surface area contributed by atoms with Crippen LogP contribution in [0.4, 0.5) is 5.82 Å². The van der Waals surface area contributed by atoms with Gasteiger partial charge in [0.15, 0.2) is 5.69 Å². The summed E-state index contributed by atoms with van der Waals surface area (Å²) < 4.78 is 1.98. The van der Waals surface area contributed by atoms with Crippen molar-refractivity contribution < 1.29 is 4.79 Å². The van der Waals surface area contributed by atoms with Gasteiger partial charge in [-0.3, -0.25) is 4.79 Å². The average molecular weight is 208 g/mol. The number of amides is 1. The zero-order chi connectivity index (χ0) is 11.2. The number of hydrogen-bond donors (Lipinski definition) is 2. The summed E-state index contributed by atoms with van der Waals surface area (Å²) in [6.45, 7) is 8.14. The lowest BCUT2D eigenvalue weighted by Gasteiger charge is -2.28. The van der Waals surface area contributed by atoms with Crippen molar-refractivity contribution in [1.29, 1.82) is 0 Å². The Kier molecular flexibility index (Phi) is 1.99. The molecule has 0 fully saturated rings.